The van der Waals surface area contributed by atoms with Gasteiger partial charge in [0.05, 0.1) is 12.0 Å². The average Bonchev–Trinajstić information content (AvgIpc) is 2.95. The third kappa shape index (κ3) is 4.16. The lowest BCUT2D eigenvalue weighted by Crippen LogP contribution is -2.33. The summed E-state index contributed by atoms with van der Waals surface area (Å²) in [7, 11) is -4.16. The number of benzene rings is 1. The van der Waals surface area contributed by atoms with E-state index in [1.807, 2.05) is 0 Å². The van der Waals surface area contributed by atoms with Crippen LogP contribution in [0.2, 0.25) is 0 Å². The van der Waals surface area contributed by atoms with E-state index in [1.54, 1.807) is 7.05 Å². The summed E-state index contributed by atoms with van der Waals surface area (Å²) in [5.74, 6) is 0.139. The summed E-state index contributed by atoms with van der Waals surface area (Å²) < 4.78 is 55.3. The van der Waals surface area contributed by atoms with Gasteiger partial charge in [0.1, 0.15) is 10.6 Å². The first kappa shape index (κ1) is 20.2. The molecule has 10 heteroatoms. The number of methoxy groups -OCH3 is 1. The Labute approximate surface area is 143 Å². The van der Waals surface area contributed by atoms with E-state index in [1.165, 1.54) is 23.5 Å². The first-order valence-corrected chi connectivity index (χ1v) is 10.1. The second kappa shape index (κ2) is 7.35. The highest BCUT2D eigenvalue weighted by Gasteiger charge is 2.34. The summed E-state index contributed by atoms with van der Waals surface area (Å²) >= 11 is 0. The standard InChI is InChI=1S/C13H20N2O5S2.ClH/c1-14-10-6-7-15(9-10)22(18,19)13-8-11(21(3,16)17)4-5-12(13)20-2;/h4-5,8,10,14H,6-7,9H2,1-3H3;1H. The predicted octanol–water partition coefficient (Wildman–Crippen LogP) is 0.503. The Bertz CT molecular complexity index is 765. The van der Waals surface area contributed by atoms with Gasteiger partial charge in [-0.2, -0.15) is 4.31 Å². The zero-order valence-corrected chi connectivity index (χ0v) is 15.6. The van der Waals surface area contributed by atoms with Crippen LogP contribution in [0.15, 0.2) is 28.0 Å². The lowest BCUT2D eigenvalue weighted by Gasteiger charge is -2.19. The molecule has 1 N–H and O–H groups in total. The summed E-state index contributed by atoms with van der Waals surface area (Å²) in [5, 5.41) is 3.05. The van der Waals surface area contributed by atoms with E-state index in [4.69, 9.17) is 4.74 Å². The van der Waals surface area contributed by atoms with Crippen molar-refractivity contribution in [2.75, 3.05) is 33.5 Å². The lowest BCUT2D eigenvalue weighted by molar-refractivity contribution is 0.397. The number of rotatable bonds is 5. The molecular formula is C13H21ClN2O5S2. The van der Waals surface area contributed by atoms with Crippen molar-refractivity contribution < 1.29 is 21.6 Å². The van der Waals surface area contributed by atoms with E-state index in [2.05, 4.69) is 5.32 Å². The second-order valence-corrected chi connectivity index (χ2v) is 9.14. The van der Waals surface area contributed by atoms with Gasteiger partial charge in [-0.3, -0.25) is 0 Å². The van der Waals surface area contributed by atoms with Crippen LogP contribution >= 0.6 is 12.4 Å². The van der Waals surface area contributed by atoms with Crippen molar-refractivity contribution in [1.82, 2.24) is 9.62 Å². The highest BCUT2D eigenvalue weighted by Crippen LogP contribution is 2.31. The molecule has 1 aromatic rings. The normalized spacial score (nSPS) is 19.3. The summed E-state index contributed by atoms with van der Waals surface area (Å²) in [4.78, 5) is -0.161. The van der Waals surface area contributed by atoms with Crippen LogP contribution in [0.3, 0.4) is 0 Å². The smallest absolute Gasteiger partial charge is 0.246 e. The number of nitrogens with one attached hydrogen (secondary N) is 1. The minimum absolute atomic E-state index is 0. The fraction of sp³-hybridized carbons (Fsp3) is 0.538. The molecule has 0 radical (unpaired) electrons. The lowest BCUT2D eigenvalue weighted by atomic mass is 10.3. The van der Waals surface area contributed by atoms with E-state index in [0.717, 1.165) is 12.3 Å². The van der Waals surface area contributed by atoms with Crippen LogP contribution in [-0.4, -0.2) is 60.7 Å². The van der Waals surface area contributed by atoms with Crippen molar-refractivity contribution >= 4 is 32.3 Å². The first-order chi connectivity index (χ1) is 10.2. The molecule has 0 aliphatic carbocycles. The maximum atomic E-state index is 12.8. The van der Waals surface area contributed by atoms with Crippen molar-refractivity contribution in [1.29, 1.82) is 0 Å². The molecule has 1 saturated heterocycles. The summed E-state index contributed by atoms with van der Waals surface area (Å²) in [5.41, 5.74) is 0. The molecular weight excluding hydrogens is 364 g/mol. The average molecular weight is 385 g/mol. The number of nitrogens with zero attached hydrogens (tertiary/aromatic N) is 1. The zero-order valence-electron chi connectivity index (χ0n) is 13.1. The largest absolute Gasteiger partial charge is 0.495 e. The van der Waals surface area contributed by atoms with Gasteiger partial charge < -0.3 is 10.1 Å². The Kier molecular flexibility index (Phi) is 6.45. The van der Waals surface area contributed by atoms with Crippen molar-refractivity contribution in [3.63, 3.8) is 0 Å². The van der Waals surface area contributed by atoms with Crippen LogP contribution in [0.5, 0.6) is 5.75 Å². The SMILES string of the molecule is CNC1CCN(S(=O)(=O)c2cc(S(C)(=O)=O)ccc2OC)C1.Cl. The second-order valence-electron chi connectivity index (χ2n) is 5.22. The van der Waals surface area contributed by atoms with Gasteiger partial charge in [-0.1, -0.05) is 0 Å². The maximum absolute atomic E-state index is 12.8. The molecule has 1 unspecified atom stereocenters. The Morgan fingerprint density at radius 1 is 1.26 bits per heavy atom. The quantitative estimate of drug-likeness (QED) is 0.794. The van der Waals surface area contributed by atoms with Crippen LogP contribution in [0, 0.1) is 0 Å². The molecule has 0 spiro atoms. The van der Waals surface area contributed by atoms with E-state index < -0.39 is 19.9 Å². The Hall–Kier alpha value is -0.870. The van der Waals surface area contributed by atoms with E-state index in [9.17, 15) is 16.8 Å². The van der Waals surface area contributed by atoms with Crippen LogP contribution < -0.4 is 10.1 Å². The number of ether oxygens (including phenoxy) is 1. The predicted molar refractivity (Wildman–Crippen MR) is 89.6 cm³/mol. The molecule has 7 nitrogen and oxygen atoms in total. The molecule has 1 atom stereocenters. The van der Waals surface area contributed by atoms with Gasteiger partial charge in [0, 0.05) is 25.4 Å². The number of hydrogen-bond acceptors (Lipinski definition) is 6. The first-order valence-electron chi connectivity index (χ1n) is 6.75. The maximum Gasteiger partial charge on any atom is 0.246 e. The highest BCUT2D eigenvalue weighted by molar-refractivity contribution is 7.91. The van der Waals surface area contributed by atoms with Gasteiger partial charge in [0.2, 0.25) is 10.0 Å². The topological polar surface area (TPSA) is 92.8 Å². The van der Waals surface area contributed by atoms with Gasteiger partial charge >= 0.3 is 0 Å². The van der Waals surface area contributed by atoms with Crippen molar-refractivity contribution in [3.8, 4) is 5.75 Å². The minimum Gasteiger partial charge on any atom is -0.495 e. The zero-order chi connectivity index (χ0) is 16.5. The van der Waals surface area contributed by atoms with E-state index in [0.29, 0.717) is 19.5 Å². The number of likely N-dealkylation sites (N-methyl/N-ethyl adjacent to an activating group) is 1. The molecule has 1 aliphatic rings. The van der Waals surface area contributed by atoms with Gasteiger partial charge in [-0.25, -0.2) is 16.8 Å². The number of sulfone groups is 1. The molecule has 0 saturated carbocycles. The molecule has 1 heterocycles. The third-order valence-electron chi connectivity index (χ3n) is 3.74. The summed E-state index contributed by atoms with van der Waals surface area (Å²) in [6.07, 6.45) is 1.75. The fourth-order valence-corrected chi connectivity index (χ4v) is 4.81. The van der Waals surface area contributed by atoms with Gasteiger partial charge in [0.15, 0.2) is 9.84 Å². The van der Waals surface area contributed by atoms with Crippen LogP contribution in [0.25, 0.3) is 0 Å². The van der Waals surface area contributed by atoms with E-state index in [-0.39, 0.29) is 34.0 Å². The summed E-state index contributed by atoms with van der Waals surface area (Å²) in [6.45, 7) is 0.741. The molecule has 0 aromatic heterocycles. The van der Waals surface area contributed by atoms with Crippen molar-refractivity contribution in [2.24, 2.45) is 0 Å². The number of hydrogen-bond donors (Lipinski definition) is 1. The van der Waals surface area contributed by atoms with Gasteiger partial charge in [0.25, 0.3) is 0 Å². The Balaban J connectivity index is 0.00000264. The summed E-state index contributed by atoms with van der Waals surface area (Å²) in [6, 6.07) is 3.97. The molecule has 23 heavy (non-hydrogen) atoms. The van der Waals surface area contributed by atoms with E-state index >= 15 is 0 Å². The molecule has 1 aromatic carbocycles. The molecule has 1 fully saturated rings. The minimum atomic E-state index is -3.80. The van der Waals surface area contributed by atoms with Crippen molar-refractivity contribution in [2.45, 2.75) is 22.3 Å². The molecule has 2 rings (SSSR count). The Morgan fingerprint density at radius 2 is 1.91 bits per heavy atom. The monoisotopic (exact) mass is 384 g/mol. The van der Waals surface area contributed by atoms with Crippen LogP contribution in [-0.2, 0) is 19.9 Å². The Morgan fingerprint density at radius 3 is 2.39 bits per heavy atom. The molecule has 0 amide bonds. The number of halogens is 1. The fourth-order valence-electron chi connectivity index (χ4n) is 2.41. The van der Waals surface area contributed by atoms with Crippen molar-refractivity contribution in [3.05, 3.63) is 18.2 Å². The molecule has 1 aliphatic heterocycles. The highest BCUT2D eigenvalue weighted by atomic mass is 35.5. The van der Waals surface area contributed by atoms with Gasteiger partial charge in [-0.15, -0.1) is 12.4 Å². The molecule has 132 valence electrons. The molecule has 0 bridgehead atoms. The van der Waals surface area contributed by atoms with Crippen LogP contribution in [0.4, 0.5) is 0 Å². The number of sulfonamides is 1. The third-order valence-corrected chi connectivity index (χ3v) is 6.74. The van der Waals surface area contributed by atoms with Crippen LogP contribution in [0.1, 0.15) is 6.42 Å². The van der Waals surface area contributed by atoms with Gasteiger partial charge in [-0.05, 0) is 31.7 Å².